The van der Waals surface area contributed by atoms with Gasteiger partial charge < -0.3 is 4.74 Å². The molecule has 0 spiro atoms. The Morgan fingerprint density at radius 3 is 2.75 bits per heavy atom. The van der Waals surface area contributed by atoms with Gasteiger partial charge in [-0.25, -0.2) is 9.98 Å². The van der Waals surface area contributed by atoms with Crippen LogP contribution >= 0.6 is 23.1 Å². The van der Waals surface area contributed by atoms with Crippen LogP contribution in [0, 0.1) is 0 Å². The molecule has 0 saturated carbocycles. The van der Waals surface area contributed by atoms with Gasteiger partial charge in [0.1, 0.15) is 5.75 Å². The minimum absolute atomic E-state index is 0.0445. The van der Waals surface area contributed by atoms with E-state index in [1.165, 1.54) is 11.8 Å². The van der Waals surface area contributed by atoms with Crippen LogP contribution in [-0.2, 0) is 11.2 Å². The standard InChI is InChI=1S/C14H12N2O2S2/c1-18-10-4-2-9(3-5-10)11-7-19-13(15-11)6-14-16-12(17)8-20-14/h2-5,7H,6,8H2,1H3. The van der Waals surface area contributed by atoms with Gasteiger partial charge in [-0.15, -0.1) is 23.1 Å². The maximum absolute atomic E-state index is 11.1. The van der Waals surface area contributed by atoms with Crippen molar-refractivity contribution in [1.29, 1.82) is 0 Å². The van der Waals surface area contributed by atoms with Crippen molar-refractivity contribution in [3.63, 3.8) is 0 Å². The van der Waals surface area contributed by atoms with Crippen LogP contribution in [0.5, 0.6) is 5.75 Å². The van der Waals surface area contributed by atoms with Gasteiger partial charge in [-0.3, -0.25) is 4.79 Å². The van der Waals surface area contributed by atoms with Crippen molar-refractivity contribution in [3.05, 3.63) is 34.7 Å². The predicted molar refractivity (Wildman–Crippen MR) is 82.7 cm³/mol. The molecule has 0 saturated heterocycles. The first-order valence-electron chi connectivity index (χ1n) is 6.06. The van der Waals surface area contributed by atoms with E-state index in [0.717, 1.165) is 27.1 Å². The molecule has 6 heteroatoms. The molecule has 1 aliphatic heterocycles. The monoisotopic (exact) mass is 304 g/mol. The average molecular weight is 304 g/mol. The first-order valence-corrected chi connectivity index (χ1v) is 7.93. The maximum atomic E-state index is 11.1. The molecule has 0 unspecified atom stereocenters. The summed E-state index contributed by atoms with van der Waals surface area (Å²) in [5.74, 6) is 1.25. The zero-order valence-corrected chi connectivity index (χ0v) is 12.5. The Hall–Kier alpha value is -1.66. The number of amides is 1. The van der Waals surface area contributed by atoms with Crippen LogP contribution in [0.1, 0.15) is 5.01 Å². The second-order valence-corrected chi connectivity index (χ2v) is 6.21. The number of methoxy groups -OCH3 is 1. The third-order valence-electron chi connectivity index (χ3n) is 2.85. The fourth-order valence-electron chi connectivity index (χ4n) is 1.86. The fourth-order valence-corrected chi connectivity index (χ4v) is 3.51. The summed E-state index contributed by atoms with van der Waals surface area (Å²) in [6.07, 6.45) is 0.650. The van der Waals surface area contributed by atoms with E-state index in [4.69, 9.17) is 4.74 Å². The van der Waals surface area contributed by atoms with Crippen molar-refractivity contribution in [2.75, 3.05) is 12.9 Å². The van der Waals surface area contributed by atoms with Crippen molar-refractivity contribution in [2.45, 2.75) is 6.42 Å². The number of aliphatic imine (C=N–C) groups is 1. The zero-order valence-electron chi connectivity index (χ0n) is 10.8. The number of aromatic nitrogens is 1. The van der Waals surface area contributed by atoms with Crippen LogP contribution in [0.15, 0.2) is 34.6 Å². The largest absolute Gasteiger partial charge is 0.497 e. The minimum Gasteiger partial charge on any atom is -0.497 e. The van der Waals surface area contributed by atoms with Crippen molar-refractivity contribution < 1.29 is 9.53 Å². The van der Waals surface area contributed by atoms with Crippen LogP contribution in [0.3, 0.4) is 0 Å². The highest BCUT2D eigenvalue weighted by Gasteiger charge is 2.16. The smallest absolute Gasteiger partial charge is 0.256 e. The van der Waals surface area contributed by atoms with E-state index in [2.05, 4.69) is 9.98 Å². The number of hydrogen-bond acceptors (Lipinski definition) is 5. The number of carbonyl (C=O) groups is 1. The van der Waals surface area contributed by atoms with E-state index in [1.807, 2.05) is 29.6 Å². The molecule has 102 valence electrons. The molecule has 20 heavy (non-hydrogen) atoms. The van der Waals surface area contributed by atoms with Crippen molar-refractivity contribution in [3.8, 4) is 17.0 Å². The molecular formula is C14H12N2O2S2. The topological polar surface area (TPSA) is 51.5 Å². The molecule has 0 bridgehead atoms. The lowest BCUT2D eigenvalue weighted by Gasteiger charge is -2.00. The summed E-state index contributed by atoms with van der Waals surface area (Å²) in [6.45, 7) is 0. The lowest BCUT2D eigenvalue weighted by atomic mass is 10.2. The number of benzene rings is 1. The van der Waals surface area contributed by atoms with Gasteiger partial charge in [-0.1, -0.05) is 0 Å². The first-order chi connectivity index (χ1) is 9.74. The van der Waals surface area contributed by atoms with Crippen LogP contribution in [-0.4, -0.2) is 28.8 Å². The second kappa shape index (κ2) is 5.76. The van der Waals surface area contributed by atoms with Crippen molar-refractivity contribution in [1.82, 2.24) is 4.98 Å². The van der Waals surface area contributed by atoms with E-state index in [-0.39, 0.29) is 5.91 Å². The summed E-state index contributed by atoms with van der Waals surface area (Å²) in [4.78, 5) is 19.7. The molecule has 1 aliphatic rings. The number of carbonyl (C=O) groups excluding carboxylic acids is 1. The predicted octanol–water partition coefficient (Wildman–Crippen LogP) is 3.03. The Morgan fingerprint density at radius 1 is 1.30 bits per heavy atom. The molecule has 0 radical (unpaired) electrons. The van der Waals surface area contributed by atoms with E-state index in [1.54, 1.807) is 18.4 Å². The summed E-state index contributed by atoms with van der Waals surface area (Å²) < 4.78 is 5.14. The molecule has 0 aliphatic carbocycles. The molecule has 1 amide bonds. The number of thiazole rings is 1. The van der Waals surface area contributed by atoms with Gasteiger partial charge in [0.2, 0.25) is 0 Å². The highest BCUT2D eigenvalue weighted by atomic mass is 32.2. The summed E-state index contributed by atoms with van der Waals surface area (Å²) in [5, 5.41) is 3.88. The van der Waals surface area contributed by atoms with Crippen molar-refractivity contribution in [2.24, 2.45) is 4.99 Å². The summed E-state index contributed by atoms with van der Waals surface area (Å²) in [6, 6.07) is 7.82. The van der Waals surface area contributed by atoms with Crippen LogP contribution in [0.4, 0.5) is 0 Å². The van der Waals surface area contributed by atoms with Crippen LogP contribution < -0.4 is 4.74 Å². The molecule has 1 aromatic heterocycles. The summed E-state index contributed by atoms with van der Waals surface area (Å²) in [5.41, 5.74) is 2.01. The summed E-state index contributed by atoms with van der Waals surface area (Å²) >= 11 is 3.10. The lowest BCUT2D eigenvalue weighted by molar-refractivity contribution is -0.115. The SMILES string of the molecule is COc1ccc(-c2csc(CC3=NC(=O)CS3)n2)cc1. The number of rotatable bonds is 4. The van der Waals surface area contributed by atoms with Gasteiger partial charge in [-0.05, 0) is 24.3 Å². The van der Waals surface area contributed by atoms with Crippen LogP contribution in [0.2, 0.25) is 0 Å². The van der Waals surface area contributed by atoms with Gasteiger partial charge in [0, 0.05) is 17.4 Å². The Balaban J connectivity index is 1.75. The van der Waals surface area contributed by atoms with Gasteiger partial charge in [0.25, 0.3) is 5.91 Å². The maximum Gasteiger partial charge on any atom is 0.256 e. The van der Waals surface area contributed by atoms with Crippen molar-refractivity contribution >= 4 is 34.0 Å². The third kappa shape index (κ3) is 2.91. The Kier molecular flexibility index (Phi) is 3.84. The fraction of sp³-hybridized carbons (Fsp3) is 0.214. The van der Waals surface area contributed by atoms with Crippen LogP contribution in [0.25, 0.3) is 11.3 Å². The molecule has 2 heterocycles. The van der Waals surface area contributed by atoms with E-state index < -0.39 is 0 Å². The van der Waals surface area contributed by atoms with E-state index >= 15 is 0 Å². The molecule has 0 N–H and O–H groups in total. The second-order valence-electron chi connectivity index (χ2n) is 4.22. The molecule has 0 fully saturated rings. The molecule has 3 rings (SSSR count). The molecule has 2 aromatic rings. The van der Waals surface area contributed by atoms with Gasteiger partial charge in [0.05, 0.1) is 28.6 Å². The average Bonchev–Trinajstić information content (AvgIpc) is 3.09. The lowest BCUT2D eigenvalue weighted by Crippen LogP contribution is -1.94. The van der Waals surface area contributed by atoms with E-state index in [0.29, 0.717) is 12.2 Å². The molecule has 1 aromatic carbocycles. The van der Waals surface area contributed by atoms with Gasteiger partial charge in [-0.2, -0.15) is 0 Å². The first kappa shape index (κ1) is 13.3. The number of hydrogen-bond donors (Lipinski definition) is 0. The number of nitrogens with zero attached hydrogens (tertiary/aromatic N) is 2. The Labute approximate surface area is 124 Å². The number of thioether (sulfide) groups is 1. The Bertz CT molecular complexity index is 662. The Morgan fingerprint density at radius 2 is 2.10 bits per heavy atom. The highest BCUT2D eigenvalue weighted by Crippen LogP contribution is 2.26. The van der Waals surface area contributed by atoms with Gasteiger partial charge in [0.15, 0.2) is 0 Å². The molecule has 0 atom stereocenters. The number of ether oxygens (including phenoxy) is 1. The normalized spacial score (nSPS) is 14.4. The molecular weight excluding hydrogens is 292 g/mol. The molecule has 4 nitrogen and oxygen atoms in total. The van der Waals surface area contributed by atoms with Gasteiger partial charge >= 0.3 is 0 Å². The van der Waals surface area contributed by atoms with E-state index in [9.17, 15) is 4.79 Å². The third-order valence-corrected chi connectivity index (χ3v) is 4.66. The minimum atomic E-state index is -0.0445. The summed E-state index contributed by atoms with van der Waals surface area (Å²) in [7, 11) is 1.65. The zero-order chi connectivity index (χ0) is 13.9. The quantitative estimate of drug-likeness (QED) is 0.871. The highest BCUT2D eigenvalue weighted by molar-refractivity contribution is 8.15.